The molecule has 2 fully saturated rings. The number of benzene rings is 1. The Morgan fingerprint density at radius 2 is 0.984 bits per heavy atom. The number of carboxylic acids is 2. The lowest BCUT2D eigenvalue weighted by molar-refractivity contribution is -0.143. The maximum absolute atomic E-state index is 14.9. The van der Waals surface area contributed by atoms with Gasteiger partial charge in [0.15, 0.2) is 5.96 Å². The number of carbonyl (C=O) groups is 20. The summed E-state index contributed by atoms with van der Waals surface area (Å²) in [6, 6.07) is -16.8. The molecule has 1 aromatic carbocycles. The van der Waals surface area contributed by atoms with E-state index in [0.29, 0.717) is 42.3 Å². The van der Waals surface area contributed by atoms with Gasteiger partial charge < -0.3 is 134 Å². The molecule has 0 bridgehead atoms. The van der Waals surface area contributed by atoms with E-state index in [-0.39, 0.29) is 70.2 Å². The van der Waals surface area contributed by atoms with E-state index in [9.17, 15) is 106 Å². The van der Waals surface area contributed by atoms with E-state index in [0.717, 1.165) is 11.8 Å². The Kier molecular flexibility index (Phi) is 42.9. The minimum atomic E-state index is -2.00. The Bertz CT molecular complexity index is 4150. The summed E-state index contributed by atoms with van der Waals surface area (Å²) in [5, 5.41) is 75.4. The van der Waals surface area contributed by atoms with Crippen LogP contribution in [0.5, 0.6) is 0 Å². The maximum atomic E-state index is 14.9. The molecule has 2 aliphatic rings. The van der Waals surface area contributed by atoms with Crippen molar-refractivity contribution in [2.45, 2.75) is 247 Å². The number of nitrogens with one attached hydrogen (secondary N) is 17. The molecule has 1 aromatic heterocycles. The molecule has 0 saturated carbocycles. The lowest BCUT2D eigenvalue weighted by atomic mass is 9.97. The molecule has 0 aliphatic carbocycles. The topological polar surface area (TPSA) is 756 Å². The smallest absolute Gasteiger partial charge is 0.326 e. The number of primary amides is 4. The zero-order chi connectivity index (χ0) is 92.2. The van der Waals surface area contributed by atoms with E-state index < -0.39 is 277 Å². The average molecular weight is 1770 g/mol. The first-order chi connectivity index (χ1) is 57.9. The molecule has 46 nitrogen and oxygen atoms in total. The number of aliphatic hydroxyl groups excluding tert-OH is 1. The van der Waals surface area contributed by atoms with Crippen LogP contribution >= 0.6 is 25.3 Å². The van der Waals surface area contributed by atoms with E-state index in [1.165, 1.54) is 13.1 Å². The number of para-hydroxylation sites is 1. The first kappa shape index (κ1) is 103. The van der Waals surface area contributed by atoms with Gasteiger partial charge in [-0.05, 0) is 108 Å². The third kappa shape index (κ3) is 34.5. The number of amides is 18. The second kappa shape index (κ2) is 51.1. The van der Waals surface area contributed by atoms with Crippen LogP contribution in [0.1, 0.15) is 150 Å². The molecule has 2 aliphatic heterocycles. The van der Waals surface area contributed by atoms with Crippen molar-refractivity contribution in [1.82, 2.24) is 89.6 Å². The number of nitrogens with zero attached hydrogens (tertiary/aromatic N) is 1. The Hall–Kier alpha value is -12.0. The highest BCUT2D eigenvalue weighted by molar-refractivity contribution is 7.80. The van der Waals surface area contributed by atoms with Crippen molar-refractivity contribution >= 4 is 160 Å². The summed E-state index contributed by atoms with van der Waals surface area (Å²) < 4.78 is 0. The number of aromatic amines is 1. The van der Waals surface area contributed by atoms with Crippen LogP contribution in [0.4, 0.5) is 0 Å². The fourth-order valence-electron chi connectivity index (χ4n) is 13.2. The molecular formula is C75H117N23O23S2. The minimum absolute atomic E-state index is 0.0407. The zero-order valence-corrected chi connectivity index (χ0v) is 70.9. The molecule has 0 spiro atoms. The number of aromatic nitrogens is 1. The summed E-state index contributed by atoms with van der Waals surface area (Å²) in [5.74, 6) is -23.8. The summed E-state index contributed by atoms with van der Waals surface area (Å²) in [6.07, 6.45) is -4.43. The van der Waals surface area contributed by atoms with E-state index in [2.05, 4.69) is 110 Å². The second-order valence-electron chi connectivity index (χ2n) is 30.4. The monoisotopic (exact) mass is 1770 g/mol. The summed E-state index contributed by atoms with van der Waals surface area (Å²) in [7, 11) is 0. The van der Waals surface area contributed by atoms with Crippen LogP contribution < -0.4 is 108 Å². The van der Waals surface area contributed by atoms with Crippen LogP contribution in [0.2, 0.25) is 0 Å². The van der Waals surface area contributed by atoms with Crippen LogP contribution in [-0.4, -0.2) is 277 Å². The molecule has 18 amide bonds. The van der Waals surface area contributed by atoms with Crippen LogP contribution in [0.15, 0.2) is 30.5 Å². The van der Waals surface area contributed by atoms with Gasteiger partial charge in [-0.25, -0.2) is 4.79 Å². The van der Waals surface area contributed by atoms with Gasteiger partial charge in [-0.3, -0.25) is 96.5 Å². The number of fused-ring (bicyclic) bond motifs is 1. The standard InChI is InChI=1S/C75H117N23O23S2/c1-7-35(4)58(96-62(108)42(18-21-53(76)100)86-61(107)41-15-10-24-82-41)71(117)95-50(32-122)68(114)85-36(5)60(106)94-51(33-123)69(115)87-43(19-22-54(77)101)63(109)97-59(37(6)99)72(118)88-44(16-11-25-83-75(80)81)73(119)98-26-12-17-52(98)70(116)93-49(30-56(79)103)67(113)91-47(28-38-31-84-40-14-9-8-13-39(38)40)65(111)90-46(27-34(2)3)64(110)92-48(29-55(78)102)66(112)89-45(74(120)121)20-23-57(104)105/h8-9,13-14,31,34-37,41-52,58-59,82,84,99,122-123H,7,10-12,15-30,32-33H2,1-6H3,(H2,76,100)(H2,77,101)(H2,78,102)(H2,79,103)(H,85,114)(H,86,107)(H,87,115)(H,88,118)(H,89,112)(H,90,111)(H,91,113)(H,92,110)(H,93,116)(H,94,106)(H,95,117)(H,96,108)(H,97,109)(H,104,105)(H,120,121)(H4,80,81,83)/t35-,36-,37+,41-,42-,43-,44-,45-,46-,47-,48-,49-,50-,51-,52-,58-,59-/m0/s1. The molecule has 48 heteroatoms. The van der Waals surface area contributed by atoms with Crippen LogP contribution in [0.25, 0.3) is 10.9 Å². The molecule has 0 radical (unpaired) electrons. The lowest BCUT2D eigenvalue weighted by Gasteiger charge is -2.31. The van der Waals surface area contributed by atoms with Crippen molar-refractivity contribution in [3.05, 3.63) is 36.0 Å². The highest BCUT2D eigenvalue weighted by atomic mass is 32.1. The number of aliphatic carboxylic acids is 2. The molecule has 3 heterocycles. The highest BCUT2D eigenvalue weighted by Gasteiger charge is 2.43. The number of hydrogen-bond donors (Lipinski definition) is 27. The van der Waals surface area contributed by atoms with E-state index >= 15 is 0 Å². The largest absolute Gasteiger partial charge is 0.481 e. The Morgan fingerprint density at radius 3 is 1.52 bits per heavy atom. The van der Waals surface area contributed by atoms with Crippen molar-refractivity contribution in [3.63, 3.8) is 0 Å². The maximum Gasteiger partial charge on any atom is 0.326 e. The van der Waals surface area contributed by atoms with Gasteiger partial charge in [-0.15, -0.1) is 0 Å². The fourth-order valence-corrected chi connectivity index (χ4v) is 13.7. The molecule has 4 rings (SSSR count). The normalized spacial score (nSPS) is 17.3. The number of likely N-dealkylation sites (tertiary alicyclic amines) is 1. The lowest BCUT2D eigenvalue weighted by Crippen LogP contribution is -2.62. The van der Waals surface area contributed by atoms with Gasteiger partial charge in [0.05, 0.1) is 25.0 Å². The Morgan fingerprint density at radius 1 is 0.512 bits per heavy atom. The first-order valence-electron chi connectivity index (χ1n) is 40.0. The summed E-state index contributed by atoms with van der Waals surface area (Å²) in [4.78, 5) is 274. The van der Waals surface area contributed by atoms with Crippen molar-refractivity contribution in [2.75, 3.05) is 31.1 Å². The van der Waals surface area contributed by atoms with Gasteiger partial charge in [0.25, 0.3) is 0 Å². The molecule has 30 N–H and O–H groups in total. The van der Waals surface area contributed by atoms with Crippen LogP contribution in [0.3, 0.4) is 0 Å². The quantitative estimate of drug-likeness (QED) is 0.0127. The molecular weight excluding hydrogens is 1660 g/mol. The van der Waals surface area contributed by atoms with Gasteiger partial charge in [0.2, 0.25) is 106 Å². The van der Waals surface area contributed by atoms with Crippen molar-refractivity contribution in [3.8, 4) is 0 Å². The van der Waals surface area contributed by atoms with Crippen molar-refractivity contribution < 1.29 is 111 Å². The SMILES string of the molecule is CC[C@H](C)[C@H](NC(=O)[C@H](CCC(N)=O)NC(=O)[C@@H]1CCCN1)C(=O)N[C@@H](CS)C(=O)N[C@@H](C)C(=O)N[C@@H](CS)C(=O)N[C@@H](CCC(N)=O)C(=O)N[C@H](C(=O)N[C@@H](CCCNC(=N)N)C(=O)N1CCC[C@H]1C(=O)N[C@@H](CC(N)=O)C(=O)N[C@@H](Cc1c[nH]c2ccccc12)C(=O)N[C@@H](CC(C)C)C(=O)N[C@@H](CC(N)=O)C(=O)N[C@@H](CCC(=O)O)C(=O)O)[C@@H](C)O. The van der Waals surface area contributed by atoms with Crippen molar-refractivity contribution in [1.29, 1.82) is 5.41 Å². The van der Waals surface area contributed by atoms with Crippen molar-refractivity contribution in [2.24, 2.45) is 40.5 Å². The number of carbonyl (C=O) groups excluding carboxylic acids is 18. The third-order valence-electron chi connectivity index (χ3n) is 20.1. The Labute approximate surface area is 718 Å². The van der Waals surface area contributed by atoms with Crippen LogP contribution in [0, 0.1) is 17.2 Å². The molecule has 0 unspecified atom stereocenters. The third-order valence-corrected chi connectivity index (χ3v) is 20.8. The van der Waals surface area contributed by atoms with E-state index in [4.69, 9.17) is 39.2 Å². The average Bonchev–Trinajstić information content (AvgIpc) is 1.44. The number of thiol groups is 2. The minimum Gasteiger partial charge on any atom is -0.481 e. The summed E-state index contributed by atoms with van der Waals surface area (Å²) in [5.41, 5.74) is 28.4. The van der Waals surface area contributed by atoms with Gasteiger partial charge in [-0.1, -0.05) is 52.3 Å². The highest BCUT2D eigenvalue weighted by Crippen LogP contribution is 2.23. The number of nitrogens with two attached hydrogens (primary N) is 5. The Balaban J connectivity index is 1.56. The van der Waals surface area contributed by atoms with E-state index in [1.807, 2.05) is 0 Å². The second-order valence-corrected chi connectivity index (χ2v) is 31.2. The van der Waals surface area contributed by atoms with Gasteiger partial charge in [-0.2, -0.15) is 25.3 Å². The number of guanidine groups is 1. The first-order valence-corrected chi connectivity index (χ1v) is 41.3. The van der Waals surface area contributed by atoms with Gasteiger partial charge in [0.1, 0.15) is 84.6 Å². The summed E-state index contributed by atoms with van der Waals surface area (Å²) >= 11 is 8.42. The van der Waals surface area contributed by atoms with Crippen LogP contribution in [-0.2, 0) is 102 Å². The molecule has 2 saturated heterocycles. The molecule has 682 valence electrons. The molecule has 17 atom stereocenters. The number of rotatable bonds is 54. The van der Waals surface area contributed by atoms with Gasteiger partial charge >= 0.3 is 11.9 Å². The summed E-state index contributed by atoms with van der Waals surface area (Å²) in [6.45, 7) is 9.24. The fraction of sp³-hybridized carbons (Fsp3) is 0.613. The predicted molar refractivity (Wildman–Crippen MR) is 445 cm³/mol. The number of H-pyrrole nitrogens is 1. The van der Waals surface area contributed by atoms with E-state index in [1.54, 1.807) is 52.0 Å². The number of hydrogen-bond acceptors (Lipinski definition) is 25. The molecule has 2 aromatic rings. The number of aliphatic hydroxyl groups is 1. The predicted octanol–water partition coefficient (Wildman–Crippen LogP) is -8.40. The number of carboxylic acid groups (broad SMARTS) is 2. The zero-order valence-electron chi connectivity index (χ0n) is 69.1. The van der Waals surface area contributed by atoms with Gasteiger partial charge in [0, 0.05) is 67.4 Å². The molecule has 123 heavy (non-hydrogen) atoms.